The van der Waals surface area contributed by atoms with Gasteiger partial charge in [-0.15, -0.1) is 0 Å². The molecule has 3 rings (SSSR count). The van der Waals surface area contributed by atoms with Crippen molar-refractivity contribution in [3.8, 4) is 0 Å². The molecule has 17 heavy (non-hydrogen) atoms. The van der Waals surface area contributed by atoms with E-state index in [0.29, 0.717) is 0 Å². The minimum atomic E-state index is 0.730. The summed E-state index contributed by atoms with van der Waals surface area (Å²) in [5, 5.41) is 4.59. The van der Waals surface area contributed by atoms with Crippen molar-refractivity contribution in [1.29, 1.82) is 0 Å². The van der Waals surface area contributed by atoms with Crippen molar-refractivity contribution in [2.45, 2.75) is 50.5 Å². The van der Waals surface area contributed by atoms with E-state index >= 15 is 0 Å². The summed E-state index contributed by atoms with van der Waals surface area (Å²) in [6.07, 6.45) is 7.81. The molecule has 2 aliphatic rings. The third kappa shape index (κ3) is 2.36. The smallest absolute Gasteiger partial charge is 0.0440 e. The van der Waals surface area contributed by atoms with Crippen molar-refractivity contribution in [2.75, 3.05) is 6.54 Å². The summed E-state index contributed by atoms with van der Waals surface area (Å²) < 4.78 is 0. The van der Waals surface area contributed by atoms with Crippen LogP contribution in [0.4, 0.5) is 0 Å². The normalized spacial score (nSPS) is 28.1. The predicted molar refractivity (Wildman–Crippen MR) is 72.8 cm³/mol. The first-order valence-corrected chi connectivity index (χ1v) is 7.23. The van der Waals surface area contributed by atoms with Gasteiger partial charge in [-0.2, -0.15) is 0 Å². The molecular weight excluding hydrogens is 230 g/mol. The number of hydrogen-bond acceptors (Lipinski definition) is 1. The molecule has 0 aromatic heterocycles. The molecule has 1 fully saturated rings. The molecule has 0 amide bonds. The van der Waals surface area contributed by atoms with Gasteiger partial charge in [0.15, 0.2) is 0 Å². The molecule has 0 spiro atoms. The third-order valence-electron chi connectivity index (χ3n) is 4.31. The molecule has 0 saturated carbocycles. The molecule has 1 aromatic rings. The van der Waals surface area contributed by atoms with E-state index in [2.05, 4.69) is 17.4 Å². The fourth-order valence-electron chi connectivity index (χ4n) is 3.45. The van der Waals surface area contributed by atoms with E-state index in [-0.39, 0.29) is 0 Å². The van der Waals surface area contributed by atoms with E-state index in [1.807, 2.05) is 6.07 Å². The first kappa shape index (κ1) is 11.6. The van der Waals surface area contributed by atoms with Gasteiger partial charge in [0.1, 0.15) is 0 Å². The zero-order valence-electron chi connectivity index (χ0n) is 10.2. The molecule has 0 radical (unpaired) electrons. The minimum absolute atomic E-state index is 0.730. The highest BCUT2D eigenvalue weighted by Crippen LogP contribution is 2.38. The van der Waals surface area contributed by atoms with Crippen molar-refractivity contribution < 1.29 is 0 Å². The minimum Gasteiger partial charge on any atom is -0.314 e. The monoisotopic (exact) mass is 249 g/mol. The SMILES string of the molecule is Clc1cccc2c1CCCC2CC1CCCN1. The number of halogens is 1. The van der Waals surface area contributed by atoms with Crippen LogP contribution in [0.5, 0.6) is 0 Å². The highest BCUT2D eigenvalue weighted by Gasteiger charge is 2.25. The molecule has 1 nitrogen and oxygen atoms in total. The van der Waals surface area contributed by atoms with Crippen molar-refractivity contribution in [3.05, 3.63) is 34.3 Å². The van der Waals surface area contributed by atoms with Crippen molar-refractivity contribution >= 4 is 11.6 Å². The van der Waals surface area contributed by atoms with Gasteiger partial charge in [0, 0.05) is 11.1 Å². The maximum absolute atomic E-state index is 6.31. The molecule has 92 valence electrons. The van der Waals surface area contributed by atoms with Gasteiger partial charge in [-0.1, -0.05) is 23.7 Å². The first-order chi connectivity index (χ1) is 8.34. The highest BCUT2D eigenvalue weighted by molar-refractivity contribution is 6.31. The number of fused-ring (bicyclic) bond motifs is 1. The molecular formula is C15H20ClN. The van der Waals surface area contributed by atoms with Crippen LogP contribution in [0, 0.1) is 0 Å². The molecule has 2 unspecified atom stereocenters. The predicted octanol–water partition coefficient (Wildman–Crippen LogP) is 3.90. The van der Waals surface area contributed by atoms with Gasteiger partial charge in [-0.25, -0.2) is 0 Å². The van der Waals surface area contributed by atoms with Gasteiger partial charge in [0.25, 0.3) is 0 Å². The summed E-state index contributed by atoms with van der Waals surface area (Å²) in [6.45, 7) is 1.21. The number of benzene rings is 1. The molecule has 1 aliphatic carbocycles. The summed E-state index contributed by atoms with van der Waals surface area (Å²) in [7, 11) is 0. The van der Waals surface area contributed by atoms with Crippen LogP contribution < -0.4 is 5.32 Å². The Morgan fingerprint density at radius 3 is 3.00 bits per heavy atom. The second-order valence-electron chi connectivity index (χ2n) is 5.43. The molecule has 1 saturated heterocycles. The largest absolute Gasteiger partial charge is 0.314 e. The van der Waals surface area contributed by atoms with Crippen LogP contribution >= 0.6 is 11.6 Å². The molecule has 1 N–H and O–H groups in total. The van der Waals surface area contributed by atoms with E-state index in [1.54, 1.807) is 0 Å². The van der Waals surface area contributed by atoms with Crippen LogP contribution in [0.2, 0.25) is 5.02 Å². The topological polar surface area (TPSA) is 12.0 Å². The summed E-state index contributed by atoms with van der Waals surface area (Å²) in [4.78, 5) is 0. The maximum Gasteiger partial charge on any atom is 0.0440 e. The molecule has 0 bridgehead atoms. The lowest BCUT2D eigenvalue weighted by Gasteiger charge is -2.28. The van der Waals surface area contributed by atoms with Gasteiger partial charge < -0.3 is 5.32 Å². The summed E-state index contributed by atoms with van der Waals surface area (Å²) in [5.74, 6) is 0.730. The second kappa shape index (κ2) is 4.99. The number of nitrogens with one attached hydrogen (secondary N) is 1. The zero-order chi connectivity index (χ0) is 11.7. The summed E-state index contributed by atoms with van der Waals surface area (Å²) >= 11 is 6.31. The van der Waals surface area contributed by atoms with E-state index in [9.17, 15) is 0 Å². The van der Waals surface area contributed by atoms with Gasteiger partial charge in [-0.05, 0) is 68.2 Å². The van der Waals surface area contributed by atoms with Crippen LogP contribution in [0.25, 0.3) is 0 Å². The van der Waals surface area contributed by atoms with Crippen LogP contribution in [-0.4, -0.2) is 12.6 Å². The fourth-order valence-corrected chi connectivity index (χ4v) is 3.72. The molecule has 1 heterocycles. The van der Waals surface area contributed by atoms with Gasteiger partial charge in [0.2, 0.25) is 0 Å². The van der Waals surface area contributed by atoms with Crippen LogP contribution in [0.15, 0.2) is 18.2 Å². The molecule has 2 atom stereocenters. The average molecular weight is 250 g/mol. The third-order valence-corrected chi connectivity index (χ3v) is 4.66. The quantitative estimate of drug-likeness (QED) is 0.838. The van der Waals surface area contributed by atoms with Crippen LogP contribution in [0.1, 0.15) is 49.1 Å². The second-order valence-corrected chi connectivity index (χ2v) is 5.83. The van der Waals surface area contributed by atoms with Gasteiger partial charge in [0.05, 0.1) is 0 Å². The highest BCUT2D eigenvalue weighted by atomic mass is 35.5. The van der Waals surface area contributed by atoms with E-state index in [4.69, 9.17) is 11.6 Å². The van der Waals surface area contributed by atoms with Crippen molar-refractivity contribution in [2.24, 2.45) is 0 Å². The Bertz CT molecular complexity index is 396. The Morgan fingerprint density at radius 2 is 2.18 bits per heavy atom. The lowest BCUT2D eigenvalue weighted by atomic mass is 9.79. The summed E-state index contributed by atoms with van der Waals surface area (Å²) in [5.41, 5.74) is 2.95. The average Bonchev–Trinajstić information content (AvgIpc) is 2.83. The number of hydrogen-bond donors (Lipinski definition) is 1. The molecule has 1 aliphatic heterocycles. The lowest BCUT2D eigenvalue weighted by Crippen LogP contribution is -2.25. The Hall–Kier alpha value is -0.530. The van der Waals surface area contributed by atoms with E-state index < -0.39 is 0 Å². The molecule has 2 heteroatoms. The zero-order valence-corrected chi connectivity index (χ0v) is 11.0. The first-order valence-electron chi connectivity index (χ1n) is 6.85. The fraction of sp³-hybridized carbons (Fsp3) is 0.600. The maximum atomic E-state index is 6.31. The Kier molecular flexibility index (Phi) is 3.39. The van der Waals surface area contributed by atoms with Gasteiger partial charge in [-0.3, -0.25) is 0 Å². The van der Waals surface area contributed by atoms with Crippen LogP contribution in [0.3, 0.4) is 0 Å². The lowest BCUT2D eigenvalue weighted by molar-refractivity contribution is 0.445. The standard InChI is InChI=1S/C15H20ClN/c16-15-8-2-6-13-11(4-1-7-14(13)15)10-12-5-3-9-17-12/h2,6,8,11-12,17H,1,3-5,7,9-10H2. The van der Waals surface area contributed by atoms with E-state index in [0.717, 1.165) is 17.0 Å². The van der Waals surface area contributed by atoms with Crippen molar-refractivity contribution in [1.82, 2.24) is 5.32 Å². The Balaban J connectivity index is 1.81. The van der Waals surface area contributed by atoms with Crippen LogP contribution in [-0.2, 0) is 6.42 Å². The Labute approximate surface area is 109 Å². The number of rotatable bonds is 2. The van der Waals surface area contributed by atoms with Gasteiger partial charge >= 0.3 is 0 Å². The molecule has 1 aromatic carbocycles. The summed E-state index contributed by atoms with van der Waals surface area (Å²) in [6, 6.07) is 7.18. The Morgan fingerprint density at radius 1 is 1.24 bits per heavy atom. The van der Waals surface area contributed by atoms with Crippen molar-refractivity contribution in [3.63, 3.8) is 0 Å². The van der Waals surface area contributed by atoms with E-state index in [1.165, 1.54) is 56.2 Å².